The molecule has 0 amide bonds. The van der Waals surface area contributed by atoms with Crippen molar-refractivity contribution in [3.05, 3.63) is 36.2 Å². The normalized spacial score (nSPS) is 10.5. The standard InChI is InChI=1S/C12H17O/c1-4-5-11-6-8-12(9-7-11)13-10(2)3/h4,6-10H,5H2,1-3H3. The van der Waals surface area contributed by atoms with Crippen LogP contribution in [0.1, 0.15) is 26.3 Å². The maximum atomic E-state index is 5.54. The Hall–Kier alpha value is -0.980. The fourth-order valence-electron chi connectivity index (χ4n) is 1.21. The second kappa shape index (κ2) is 4.90. The smallest absolute Gasteiger partial charge is 0.119 e. The van der Waals surface area contributed by atoms with E-state index in [1.165, 1.54) is 5.56 Å². The second-order valence-corrected chi connectivity index (χ2v) is 3.42. The van der Waals surface area contributed by atoms with Gasteiger partial charge in [-0.2, -0.15) is 0 Å². The molecular formula is C12H17O. The van der Waals surface area contributed by atoms with Gasteiger partial charge in [0.05, 0.1) is 6.10 Å². The third-order valence-corrected chi connectivity index (χ3v) is 1.73. The molecule has 0 saturated heterocycles. The van der Waals surface area contributed by atoms with Crippen LogP contribution in [0.4, 0.5) is 0 Å². The molecule has 1 aromatic rings. The predicted molar refractivity (Wildman–Crippen MR) is 55.9 cm³/mol. The molecule has 1 nitrogen and oxygen atoms in total. The molecule has 0 fully saturated rings. The van der Waals surface area contributed by atoms with Gasteiger partial charge >= 0.3 is 0 Å². The van der Waals surface area contributed by atoms with E-state index in [0.29, 0.717) is 0 Å². The highest BCUT2D eigenvalue weighted by atomic mass is 16.5. The molecule has 1 aromatic carbocycles. The van der Waals surface area contributed by atoms with Crippen LogP contribution in [0.3, 0.4) is 0 Å². The fraction of sp³-hybridized carbons (Fsp3) is 0.417. The van der Waals surface area contributed by atoms with Crippen LogP contribution in [0, 0.1) is 6.42 Å². The first-order valence-electron chi connectivity index (χ1n) is 4.76. The summed E-state index contributed by atoms with van der Waals surface area (Å²) in [5.74, 6) is 0.954. The van der Waals surface area contributed by atoms with E-state index >= 15 is 0 Å². The van der Waals surface area contributed by atoms with E-state index in [0.717, 1.165) is 12.2 Å². The van der Waals surface area contributed by atoms with Crippen molar-refractivity contribution in [1.29, 1.82) is 0 Å². The predicted octanol–water partition coefficient (Wildman–Crippen LogP) is 3.24. The van der Waals surface area contributed by atoms with Crippen molar-refractivity contribution in [3.63, 3.8) is 0 Å². The maximum Gasteiger partial charge on any atom is 0.119 e. The molecule has 0 aliphatic carbocycles. The van der Waals surface area contributed by atoms with Gasteiger partial charge in [0.2, 0.25) is 0 Å². The number of hydrogen-bond donors (Lipinski definition) is 0. The molecule has 0 unspecified atom stereocenters. The van der Waals surface area contributed by atoms with E-state index in [1.807, 2.05) is 26.0 Å². The number of hydrogen-bond acceptors (Lipinski definition) is 1. The number of benzene rings is 1. The Morgan fingerprint density at radius 1 is 1.23 bits per heavy atom. The molecule has 0 saturated carbocycles. The molecule has 13 heavy (non-hydrogen) atoms. The second-order valence-electron chi connectivity index (χ2n) is 3.42. The van der Waals surface area contributed by atoms with Crippen LogP contribution >= 0.6 is 0 Å². The quantitative estimate of drug-likeness (QED) is 0.686. The minimum Gasteiger partial charge on any atom is -0.491 e. The Morgan fingerprint density at radius 2 is 1.85 bits per heavy atom. The summed E-state index contributed by atoms with van der Waals surface area (Å²) in [5, 5.41) is 0. The Kier molecular flexibility index (Phi) is 3.81. The van der Waals surface area contributed by atoms with Gasteiger partial charge in [-0.15, -0.1) is 0 Å². The first kappa shape index (κ1) is 10.1. The summed E-state index contributed by atoms with van der Waals surface area (Å²) < 4.78 is 5.54. The molecule has 0 atom stereocenters. The number of ether oxygens (including phenoxy) is 1. The van der Waals surface area contributed by atoms with Gasteiger partial charge in [-0.3, -0.25) is 0 Å². The highest BCUT2D eigenvalue weighted by Gasteiger charge is 1.96. The summed E-state index contributed by atoms with van der Waals surface area (Å²) in [4.78, 5) is 0. The number of rotatable bonds is 4. The van der Waals surface area contributed by atoms with Crippen LogP contribution in [-0.4, -0.2) is 6.10 Å². The monoisotopic (exact) mass is 177 g/mol. The first-order valence-corrected chi connectivity index (χ1v) is 4.76. The highest BCUT2D eigenvalue weighted by Crippen LogP contribution is 2.14. The van der Waals surface area contributed by atoms with Crippen molar-refractivity contribution in [3.8, 4) is 5.75 Å². The van der Waals surface area contributed by atoms with Crippen LogP contribution in [0.25, 0.3) is 0 Å². The van der Waals surface area contributed by atoms with Crippen molar-refractivity contribution < 1.29 is 4.74 Å². The van der Waals surface area contributed by atoms with Gasteiger partial charge in [-0.25, -0.2) is 0 Å². The van der Waals surface area contributed by atoms with Crippen LogP contribution < -0.4 is 4.74 Å². The topological polar surface area (TPSA) is 9.23 Å². The zero-order chi connectivity index (χ0) is 9.68. The fourth-order valence-corrected chi connectivity index (χ4v) is 1.21. The molecule has 0 spiro atoms. The van der Waals surface area contributed by atoms with Gasteiger partial charge in [-0.05, 0) is 44.4 Å². The van der Waals surface area contributed by atoms with Gasteiger partial charge in [0.25, 0.3) is 0 Å². The first-order chi connectivity index (χ1) is 6.22. The van der Waals surface area contributed by atoms with E-state index in [2.05, 4.69) is 25.5 Å². The minimum absolute atomic E-state index is 0.253. The summed E-state index contributed by atoms with van der Waals surface area (Å²) in [6, 6.07) is 8.27. The molecule has 1 rings (SSSR count). The third-order valence-electron chi connectivity index (χ3n) is 1.73. The average Bonchev–Trinajstić information content (AvgIpc) is 2.08. The lowest BCUT2D eigenvalue weighted by Gasteiger charge is -2.09. The lowest BCUT2D eigenvalue weighted by molar-refractivity contribution is 0.242. The Labute approximate surface area is 80.7 Å². The molecular weight excluding hydrogens is 160 g/mol. The minimum atomic E-state index is 0.253. The lowest BCUT2D eigenvalue weighted by atomic mass is 10.1. The lowest BCUT2D eigenvalue weighted by Crippen LogP contribution is -2.05. The highest BCUT2D eigenvalue weighted by molar-refractivity contribution is 5.28. The van der Waals surface area contributed by atoms with Crippen molar-refractivity contribution in [2.75, 3.05) is 0 Å². The summed E-state index contributed by atoms with van der Waals surface area (Å²) in [5.41, 5.74) is 1.33. The van der Waals surface area contributed by atoms with Crippen molar-refractivity contribution in [2.24, 2.45) is 0 Å². The van der Waals surface area contributed by atoms with Gasteiger partial charge in [0.15, 0.2) is 0 Å². The average molecular weight is 177 g/mol. The molecule has 0 bridgehead atoms. The van der Waals surface area contributed by atoms with Crippen LogP contribution in [0.5, 0.6) is 5.75 Å². The van der Waals surface area contributed by atoms with Crippen molar-refractivity contribution in [1.82, 2.24) is 0 Å². The molecule has 0 N–H and O–H groups in total. The van der Waals surface area contributed by atoms with Gasteiger partial charge in [0, 0.05) is 0 Å². The van der Waals surface area contributed by atoms with Gasteiger partial charge in [0.1, 0.15) is 5.75 Å². The molecule has 0 aromatic heterocycles. The summed E-state index contributed by atoms with van der Waals surface area (Å²) in [7, 11) is 0. The third kappa shape index (κ3) is 3.49. The zero-order valence-corrected chi connectivity index (χ0v) is 8.58. The summed E-state index contributed by atoms with van der Waals surface area (Å²) in [6.45, 7) is 6.14. The molecule has 1 radical (unpaired) electrons. The Morgan fingerprint density at radius 3 is 2.31 bits per heavy atom. The molecule has 0 aliphatic rings. The van der Waals surface area contributed by atoms with Gasteiger partial charge in [-0.1, -0.05) is 19.1 Å². The van der Waals surface area contributed by atoms with E-state index in [-0.39, 0.29) is 6.10 Å². The van der Waals surface area contributed by atoms with E-state index in [1.54, 1.807) is 0 Å². The van der Waals surface area contributed by atoms with E-state index in [4.69, 9.17) is 4.74 Å². The molecule has 0 heterocycles. The van der Waals surface area contributed by atoms with Gasteiger partial charge < -0.3 is 4.74 Å². The van der Waals surface area contributed by atoms with E-state index < -0.39 is 0 Å². The summed E-state index contributed by atoms with van der Waals surface area (Å²) >= 11 is 0. The van der Waals surface area contributed by atoms with E-state index in [9.17, 15) is 0 Å². The van der Waals surface area contributed by atoms with Crippen molar-refractivity contribution in [2.45, 2.75) is 33.3 Å². The van der Waals surface area contributed by atoms with Crippen LogP contribution in [-0.2, 0) is 6.42 Å². The maximum absolute atomic E-state index is 5.54. The Balaban J connectivity index is 2.59. The zero-order valence-electron chi connectivity index (χ0n) is 8.58. The van der Waals surface area contributed by atoms with Crippen molar-refractivity contribution >= 4 is 0 Å². The molecule has 0 aliphatic heterocycles. The molecule has 1 heteroatoms. The largest absolute Gasteiger partial charge is 0.491 e. The molecule has 71 valence electrons. The Bertz CT molecular complexity index is 236. The van der Waals surface area contributed by atoms with Crippen LogP contribution in [0.15, 0.2) is 24.3 Å². The SMILES string of the molecule is C[CH]Cc1ccc(OC(C)C)cc1. The van der Waals surface area contributed by atoms with Crippen LogP contribution in [0.2, 0.25) is 0 Å². The summed E-state index contributed by atoms with van der Waals surface area (Å²) in [6.07, 6.45) is 3.43.